The minimum atomic E-state index is -3.97. The summed E-state index contributed by atoms with van der Waals surface area (Å²) in [6.45, 7) is 1.65. The van der Waals surface area contributed by atoms with E-state index in [9.17, 15) is 22.8 Å². The van der Waals surface area contributed by atoms with Gasteiger partial charge in [0.15, 0.2) is 0 Å². The maximum absolute atomic E-state index is 13.0. The smallest absolute Gasteiger partial charge is 0.262 e. The second-order valence-electron chi connectivity index (χ2n) is 7.69. The number of hydrogen-bond donors (Lipinski definition) is 2. The third-order valence-electron chi connectivity index (χ3n) is 5.29. The predicted molar refractivity (Wildman–Crippen MR) is 130 cm³/mol. The lowest BCUT2D eigenvalue weighted by Gasteiger charge is -2.15. The van der Waals surface area contributed by atoms with Crippen molar-refractivity contribution in [1.82, 2.24) is 0 Å². The van der Waals surface area contributed by atoms with Crippen molar-refractivity contribution in [2.24, 2.45) is 0 Å². The average Bonchev–Trinajstić information content (AvgIpc) is 3.14. The van der Waals surface area contributed by atoms with Crippen molar-refractivity contribution in [3.63, 3.8) is 0 Å². The van der Waals surface area contributed by atoms with Gasteiger partial charge in [-0.2, -0.15) is 0 Å². The van der Waals surface area contributed by atoms with E-state index in [-0.39, 0.29) is 51.5 Å². The molecule has 4 rings (SSSR count). The van der Waals surface area contributed by atoms with Gasteiger partial charge in [0.1, 0.15) is 0 Å². The second kappa shape index (κ2) is 9.28. The van der Waals surface area contributed by atoms with E-state index >= 15 is 0 Å². The molecule has 0 aromatic heterocycles. The Hall–Kier alpha value is -3.69. The third-order valence-corrected chi connectivity index (χ3v) is 7.13. The van der Waals surface area contributed by atoms with Crippen molar-refractivity contribution in [2.45, 2.75) is 24.7 Å². The Bertz CT molecular complexity index is 1390. The molecule has 0 saturated carbocycles. The van der Waals surface area contributed by atoms with E-state index in [1.165, 1.54) is 30.3 Å². The summed E-state index contributed by atoms with van der Waals surface area (Å²) in [4.78, 5) is 37.6. The van der Waals surface area contributed by atoms with Gasteiger partial charge in [0.25, 0.3) is 15.9 Å². The average molecular weight is 498 g/mol. The van der Waals surface area contributed by atoms with Crippen LogP contribution in [0.1, 0.15) is 28.8 Å². The summed E-state index contributed by atoms with van der Waals surface area (Å²) in [6, 6.07) is 17.1. The second-order valence-corrected chi connectivity index (χ2v) is 9.75. The Morgan fingerprint density at radius 1 is 0.941 bits per heavy atom. The van der Waals surface area contributed by atoms with Crippen molar-refractivity contribution in [3.05, 3.63) is 82.9 Å². The highest BCUT2D eigenvalue weighted by molar-refractivity contribution is 7.92. The number of anilines is 3. The highest BCUT2D eigenvalue weighted by atomic mass is 35.5. The number of carbonyl (C=O) groups is 3. The Morgan fingerprint density at radius 2 is 1.59 bits per heavy atom. The minimum absolute atomic E-state index is 0.00775. The fourth-order valence-electron chi connectivity index (χ4n) is 3.54. The Kier molecular flexibility index (Phi) is 6.41. The molecule has 0 bridgehead atoms. The van der Waals surface area contributed by atoms with Crippen LogP contribution in [0.2, 0.25) is 5.02 Å². The van der Waals surface area contributed by atoms with Crippen molar-refractivity contribution in [2.75, 3.05) is 14.9 Å². The molecule has 1 saturated heterocycles. The topological polar surface area (TPSA) is 113 Å². The molecule has 1 aliphatic rings. The van der Waals surface area contributed by atoms with Crippen LogP contribution < -0.4 is 14.9 Å². The Labute approximate surface area is 201 Å². The van der Waals surface area contributed by atoms with Gasteiger partial charge in [-0.3, -0.25) is 24.0 Å². The SMILES string of the molecule is Cc1ccc(NC(=O)c2ccc(N3C(=O)CCC3=O)cc2)cc1S(=O)(=O)Nc1ccccc1Cl. The van der Waals surface area contributed by atoms with Crippen molar-refractivity contribution in [3.8, 4) is 0 Å². The van der Waals surface area contributed by atoms with E-state index < -0.39 is 15.9 Å². The molecule has 34 heavy (non-hydrogen) atoms. The van der Waals surface area contributed by atoms with Crippen LogP contribution in [0.25, 0.3) is 0 Å². The number of aryl methyl sites for hydroxylation is 1. The molecule has 3 amide bonds. The zero-order chi connectivity index (χ0) is 24.5. The first-order valence-electron chi connectivity index (χ1n) is 10.3. The number of benzene rings is 3. The molecule has 0 radical (unpaired) electrons. The van der Waals surface area contributed by atoms with Crippen LogP contribution >= 0.6 is 11.6 Å². The molecule has 3 aromatic carbocycles. The molecule has 3 aromatic rings. The number of imide groups is 1. The molecule has 1 fully saturated rings. The summed E-state index contributed by atoms with van der Waals surface area (Å²) >= 11 is 6.07. The molecule has 174 valence electrons. The Balaban J connectivity index is 1.53. The van der Waals surface area contributed by atoms with Gasteiger partial charge in [-0.15, -0.1) is 0 Å². The van der Waals surface area contributed by atoms with E-state index in [0.717, 1.165) is 4.90 Å². The zero-order valence-corrected chi connectivity index (χ0v) is 19.6. The van der Waals surface area contributed by atoms with E-state index in [4.69, 9.17) is 11.6 Å². The van der Waals surface area contributed by atoms with Crippen LogP contribution in [-0.2, 0) is 19.6 Å². The number of hydrogen-bond acceptors (Lipinski definition) is 5. The van der Waals surface area contributed by atoms with Crippen molar-refractivity contribution in [1.29, 1.82) is 0 Å². The van der Waals surface area contributed by atoms with Gasteiger partial charge in [0.2, 0.25) is 11.8 Å². The molecule has 1 aliphatic heterocycles. The van der Waals surface area contributed by atoms with Gasteiger partial charge in [-0.1, -0.05) is 29.8 Å². The first-order valence-corrected chi connectivity index (χ1v) is 12.2. The molecule has 0 atom stereocenters. The molecule has 0 aliphatic carbocycles. The van der Waals surface area contributed by atoms with E-state index in [1.54, 1.807) is 43.3 Å². The molecule has 0 unspecified atom stereocenters. The maximum Gasteiger partial charge on any atom is 0.262 e. The third kappa shape index (κ3) is 4.80. The van der Waals surface area contributed by atoms with Crippen molar-refractivity contribution < 1.29 is 22.8 Å². The molecular formula is C24H20ClN3O5S. The van der Waals surface area contributed by atoms with Gasteiger partial charge in [-0.05, 0) is 61.0 Å². The summed E-state index contributed by atoms with van der Waals surface area (Å²) in [7, 11) is -3.97. The van der Waals surface area contributed by atoms with Crippen LogP contribution in [0.15, 0.2) is 71.6 Å². The Morgan fingerprint density at radius 3 is 2.24 bits per heavy atom. The number of nitrogens with zero attached hydrogens (tertiary/aromatic N) is 1. The summed E-state index contributed by atoms with van der Waals surface area (Å²) in [6.07, 6.45) is 0.343. The van der Waals surface area contributed by atoms with Gasteiger partial charge in [-0.25, -0.2) is 8.42 Å². The monoisotopic (exact) mass is 497 g/mol. The largest absolute Gasteiger partial charge is 0.322 e. The highest BCUT2D eigenvalue weighted by Gasteiger charge is 2.30. The van der Waals surface area contributed by atoms with Crippen molar-refractivity contribution >= 4 is 56.4 Å². The molecule has 10 heteroatoms. The first kappa shape index (κ1) is 23.5. The molecule has 0 spiro atoms. The summed E-state index contributed by atoms with van der Waals surface area (Å²) in [5, 5.41) is 2.93. The molecule has 2 N–H and O–H groups in total. The van der Waals surface area contributed by atoms with E-state index in [0.29, 0.717) is 11.3 Å². The van der Waals surface area contributed by atoms with Gasteiger partial charge in [0, 0.05) is 24.1 Å². The van der Waals surface area contributed by atoms with Crippen LogP contribution in [-0.4, -0.2) is 26.1 Å². The van der Waals surface area contributed by atoms with E-state index in [1.807, 2.05) is 0 Å². The number of rotatable bonds is 6. The maximum atomic E-state index is 13.0. The lowest BCUT2D eigenvalue weighted by Crippen LogP contribution is -2.28. The first-order chi connectivity index (χ1) is 16.2. The minimum Gasteiger partial charge on any atom is -0.322 e. The van der Waals surface area contributed by atoms with Gasteiger partial charge in [0.05, 0.1) is 21.3 Å². The number of carbonyl (C=O) groups excluding carboxylic acids is 3. The van der Waals surface area contributed by atoms with Crippen LogP contribution in [0.3, 0.4) is 0 Å². The van der Waals surface area contributed by atoms with Gasteiger partial charge >= 0.3 is 0 Å². The van der Waals surface area contributed by atoms with Crippen LogP contribution in [0.4, 0.5) is 17.1 Å². The van der Waals surface area contributed by atoms with Gasteiger partial charge < -0.3 is 5.32 Å². The number of para-hydroxylation sites is 1. The number of sulfonamides is 1. The summed E-state index contributed by atoms with van der Waals surface area (Å²) < 4.78 is 28.4. The quantitative estimate of drug-likeness (QED) is 0.491. The fraction of sp³-hybridized carbons (Fsp3) is 0.125. The number of halogens is 1. The lowest BCUT2D eigenvalue weighted by atomic mass is 10.1. The van der Waals surface area contributed by atoms with E-state index in [2.05, 4.69) is 10.0 Å². The highest BCUT2D eigenvalue weighted by Crippen LogP contribution is 2.27. The number of amides is 3. The predicted octanol–water partition coefficient (Wildman–Crippen LogP) is 4.35. The zero-order valence-electron chi connectivity index (χ0n) is 18.0. The molecule has 8 nitrogen and oxygen atoms in total. The van der Waals surface area contributed by atoms with Crippen LogP contribution in [0.5, 0.6) is 0 Å². The summed E-state index contributed by atoms with van der Waals surface area (Å²) in [5.74, 6) is -1.03. The summed E-state index contributed by atoms with van der Waals surface area (Å²) in [5.41, 5.74) is 1.69. The standard InChI is InChI=1S/C24H20ClN3O5S/c1-15-6-9-17(14-21(15)34(32,33)27-20-5-3-2-4-19(20)25)26-24(31)16-7-10-18(11-8-16)28-22(29)12-13-23(28)30/h2-11,14,27H,12-13H2,1H3,(H,26,31). The lowest BCUT2D eigenvalue weighted by molar-refractivity contribution is -0.121. The molecule has 1 heterocycles. The van der Waals surface area contributed by atoms with Crippen LogP contribution in [0, 0.1) is 6.92 Å². The number of nitrogens with one attached hydrogen (secondary N) is 2. The normalized spacial score (nSPS) is 13.8. The molecular weight excluding hydrogens is 478 g/mol. The fourth-order valence-corrected chi connectivity index (χ4v) is 5.13.